The molecular formula is C19H15BrN4O5S2. The number of carbonyl (C=O) groups excluding carboxylic acids is 1. The molecule has 0 aliphatic rings. The molecule has 0 atom stereocenters. The molecule has 31 heavy (non-hydrogen) atoms. The van der Waals surface area contributed by atoms with E-state index in [1.807, 2.05) is 23.6 Å². The van der Waals surface area contributed by atoms with Crippen molar-refractivity contribution < 1.29 is 19.2 Å². The molecule has 0 bridgehead atoms. The summed E-state index contributed by atoms with van der Waals surface area (Å²) in [5, 5.41) is 18.4. The van der Waals surface area contributed by atoms with Crippen LogP contribution in [0.1, 0.15) is 0 Å². The zero-order valence-electron chi connectivity index (χ0n) is 16.0. The molecule has 0 spiro atoms. The van der Waals surface area contributed by atoms with Crippen LogP contribution >= 0.6 is 39.5 Å². The molecular weight excluding hydrogens is 508 g/mol. The number of hydrogen-bond donors (Lipinski definition) is 2. The number of anilines is 1. The van der Waals surface area contributed by atoms with E-state index in [0.29, 0.717) is 10.9 Å². The molecule has 9 nitrogen and oxygen atoms in total. The number of methoxy groups -OCH3 is 1. The number of amides is 1. The van der Waals surface area contributed by atoms with Gasteiger partial charge in [0.15, 0.2) is 16.9 Å². The molecule has 0 unspecified atom stereocenters. The third-order valence-electron chi connectivity index (χ3n) is 3.84. The largest absolute Gasteiger partial charge is 0.496 e. The lowest BCUT2D eigenvalue weighted by atomic mass is 10.2. The van der Waals surface area contributed by atoms with Crippen LogP contribution in [0.3, 0.4) is 0 Å². The van der Waals surface area contributed by atoms with Crippen LogP contribution in [0.25, 0.3) is 11.3 Å². The number of thiocarbonyl (C=S) groups is 1. The highest BCUT2D eigenvalue weighted by atomic mass is 79.9. The van der Waals surface area contributed by atoms with Gasteiger partial charge in [0.1, 0.15) is 11.5 Å². The maximum absolute atomic E-state index is 12.0. The topological polar surface area (TPSA) is 116 Å². The number of carbonyl (C=O) groups is 1. The second-order valence-electron chi connectivity index (χ2n) is 5.93. The summed E-state index contributed by atoms with van der Waals surface area (Å²) < 4.78 is 11.3. The van der Waals surface area contributed by atoms with Crippen molar-refractivity contribution in [2.24, 2.45) is 0 Å². The molecule has 0 aliphatic heterocycles. The van der Waals surface area contributed by atoms with Gasteiger partial charge in [0.05, 0.1) is 22.2 Å². The van der Waals surface area contributed by atoms with Gasteiger partial charge in [-0.25, -0.2) is 4.98 Å². The quantitative estimate of drug-likeness (QED) is 0.266. The molecule has 3 aromatic rings. The molecule has 160 valence electrons. The Bertz CT molecular complexity index is 1120. The van der Waals surface area contributed by atoms with Crippen LogP contribution in [-0.4, -0.2) is 34.6 Å². The third-order valence-corrected chi connectivity index (χ3v) is 5.42. The lowest BCUT2D eigenvalue weighted by Gasteiger charge is -2.08. The number of hydrogen-bond acceptors (Lipinski definition) is 8. The van der Waals surface area contributed by atoms with Gasteiger partial charge in [0.2, 0.25) is 0 Å². The van der Waals surface area contributed by atoms with Gasteiger partial charge >= 0.3 is 0 Å². The lowest BCUT2D eigenvalue weighted by Crippen LogP contribution is -2.37. The number of thiazole rings is 1. The van der Waals surface area contributed by atoms with E-state index < -0.39 is 10.8 Å². The number of aromatic nitrogens is 1. The summed E-state index contributed by atoms with van der Waals surface area (Å²) in [6.07, 6.45) is 0. The van der Waals surface area contributed by atoms with Crippen LogP contribution in [0.2, 0.25) is 0 Å². The van der Waals surface area contributed by atoms with Crippen molar-refractivity contribution in [3.8, 4) is 22.8 Å². The van der Waals surface area contributed by atoms with E-state index in [2.05, 4.69) is 31.5 Å². The summed E-state index contributed by atoms with van der Waals surface area (Å²) >= 11 is 9.92. The molecule has 0 radical (unpaired) electrons. The van der Waals surface area contributed by atoms with Gasteiger partial charge in [-0.3, -0.25) is 20.2 Å². The second-order valence-corrected chi connectivity index (χ2v) is 8.05. The van der Waals surface area contributed by atoms with Crippen molar-refractivity contribution in [1.82, 2.24) is 10.3 Å². The number of ether oxygens (including phenoxy) is 2. The van der Waals surface area contributed by atoms with Gasteiger partial charge in [-0.15, -0.1) is 11.3 Å². The fourth-order valence-electron chi connectivity index (χ4n) is 2.39. The first-order valence-electron chi connectivity index (χ1n) is 8.63. The minimum Gasteiger partial charge on any atom is -0.496 e. The summed E-state index contributed by atoms with van der Waals surface area (Å²) in [6, 6.07) is 11.0. The molecule has 2 N–H and O–H groups in total. The van der Waals surface area contributed by atoms with E-state index in [1.54, 1.807) is 7.11 Å². The van der Waals surface area contributed by atoms with Crippen molar-refractivity contribution in [1.29, 1.82) is 0 Å². The number of nitrogens with zero attached hydrogens (tertiary/aromatic N) is 2. The van der Waals surface area contributed by atoms with Gasteiger partial charge < -0.3 is 14.8 Å². The van der Waals surface area contributed by atoms with Crippen molar-refractivity contribution in [3.05, 3.63) is 62.4 Å². The molecule has 0 aliphatic carbocycles. The number of nitro groups is 1. The van der Waals surface area contributed by atoms with Crippen LogP contribution in [0.5, 0.6) is 11.5 Å². The highest BCUT2D eigenvalue weighted by Crippen LogP contribution is 2.32. The minimum absolute atomic E-state index is 0.0630. The highest BCUT2D eigenvalue weighted by molar-refractivity contribution is 9.10. The van der Waals surface area contributed by atoms with Crippen molar-refractivity contribution >= 4 is 61.3 Å². The van der Waals surface area contributed by atoms with Gasteiger partial charge in [-0.1, -0.05) is 0 Å². The van der Waals surface area contributed by atoms with Gasteiger partial charge in [0, 0.05) is 23.1 Å². The summed E-state index contributed by atoms with van der Waals surface area (Å²) in [5.41, 5.74) is 1.57. The van der Waals surface area contributed by atoms with E-state index in [0.717, 1.165) is 21.5 Å². The zero-order chi connectivity index (χ0) is 22.4. The van der Waals surface area contributed by atoms with Gasteiger partial charge in [-0.05, 0) is 58.5 Å². The lowest BCUT2D eigenvalue weighted by molar-refractivity contribution is -0.384. The molecule has 0 saturated heterocycles. The van der Waals surface area contributed by atoms with Crippen LogP contribution in [0.4, 0.5) is 10.8 Å². The summed E-state index contributed by atoms with van der Waals surface area (Å²) in [5.74, 6) is 0.568. The van der Waals surface area contributed by atoms with Crippen molar-refractivity contribution in [3.63, 3.8) is 0 Å². The Hall–Kier alpha value is -3.09. The molecule has 0 fully saturated rings. The molecule has 0 saturated carbocycles. The second kappa shape index (κ2) is 10.3. The summed E-state index contributed by atoms with van der Waals surface area (Å²) in [7, 11) is 1.59. The predicted octanol–water partition coefficient (Wildman–Crippen LogP) is 4.38. The Morgan fingerprint density at radius 2 is 2.03 bits per heavy atom. The van der Waals surface area contributed by atoms with Crippen LogP contribution < -0.4 is 20.1 Å². The Morgan fingerprint density at radius 3 is 2.68 bits per heavy atom. The average molecular weight is 523 g/mol. The zero-order valence-corrected chi connectivity index (χ0v) is 19.2. The Balaban J connectivity index is 1.51. The maximum atomic E-state index is 12.0. The van der Waals surface area contributed by atoms with E-state index in [9.17, 15) is 14.9 Å². The smallest absolute Gasteiger partial charge is 0.269 e. The minimum atomic E-state index is -0.516. The number of rotatable bonds is 7. The van der Waals surface area contributed by atoms with Gasteiger partial charge in [0.25, 0.3) is 11.6 Å². The third kappa shape index (κ3) is 6.20. The molecule has 12 heteroatoms. The Morgan fingerprint density at radius 1 is 1.29 bits per heavy atom. The molecule has 1 aromatic heterocycles. The standard InChI is InChI=1S/C19H15BrN4O5S2/c1-28-16-7-2-11(8-14(16)20)15-10-31-19(21-15)23-18(30)22-17(25)9-29-13-5-3-12(4-6-13)24(26)27/h2-8,10H,9H2,1H3,(H2,21,22,23,25,30). The van der Waals surface area contributed by atoms with E-state index in [-0.39, 0.29) is 17.4 Å². The molecule has 1 amide bonds. The number of nitro benzene ring substituents is 1. The number of benzene rings is 2. The maximum Gasteiger partial charge on any atom is 0.269 e. The van der Waals surface area contributed by atoms with Crippen LogP contribution in [0, 0.1) is 10.1 Å². The molecule has 3 rings (SSSR count). The Labute approximate surface area is 194 Å². The number of non-ortho nitro benzene ring substituents is 1. The normalized spacial score (nSPS) is 10.3. The summed E-state index contributed by atoms with van der Waals surface area (Å²) in [4.78, 5) is 26.6. The van der Waals surface area contributed by atoms with Gasteiger partial charge in [-0.2, -0.15) is 0 Å². The average Bonchev–Trinajstić information content (AvgIpc) is 3.20. The highest BCUT2D eigenvalue weighted by Gasteiger charge is 2.11. The van der Waals surface area contributed by atoms with Crippen LogP contribution in [0.15, 0.2) is 52.3 Å². The molecule has 2 aromatic carbocycles. The SMILES string of the molecule is COc1ccc(-c2csc(NC(=S)NC(=O)COc3ccc([N+](=O)[O-])cc3)n2)cc1Br. The number of halogens is 1. The molecule has 1 heterocycles. The van der Waals surface area contributed by atoms with Crippen molar-refractivity contribution in [2.45, 2.75) is 0 Å². The summed E-state index contributed by atoms with van der Waals surface area (Å²) in [6.45, 7) is -0.303. The number of nitrogens with one attached hydrogen (secondary N) is 2. The fourth-order valence-corrected chi connectivity index (χ4v) is 3.93. The first-order chi connectivity index (χ1) is 14.9. The van der Waals surface area contributed by atoms with Crippen molar-refractivity contribution in [2.75, 3.05) is 19.0 Å². The predicted molar refractivity (Wildman–Crippen MR) is 125 cm³/mol. The first kappa shape index (κ1) is 22.6. The monoisotopic (exact) mass is 522 g/mol. The fraction of sp³-hybridized carbons (Fsp3) is 0.105. The Kier molecular flexibility index (Phi) is 7.50. The first-order valence-corrected chi connectivity index (χ1v) is 10.7. The van der Waals surface area contributed by atoms with Crippen LogP contribution in [-0.2, 0) is 4.79 Å². The van der Waals surface area contributed by atoms with E-state index in [4.69, 9.17) is 21.7 Å². The van der Waals surface area contributed by atoms with E-state index >= 15 is 0 Å². The van der Waals surface area contributed by atoms with E-state index in [1.165, 1.54) is 35.6 Å².